The standard InChI is InChI=1S/C17H16ClNO3S/c1-19(2)23(21,22)15-8-5-7-14(12-15)17(20)11-10-13-6-3-4-9-16(13)18/h3-12H,1-2H3/b11-10+. The van der Waals surface area contributed by atoms with Gasteiger partial charge in [-0.15, -0.1) is 0 Å². The summed E-state index contributed by atoms with van der Waals surface area (Å²) in [5.41, 5.74) is 1.02. The molecular formula is C17H16ClNO3S. The fourth-order valence-electron chi connectivity index (χ4n) is 1.89. The molecule has 23 heavy (non-hydrogen) atoms. The van der Waals surface area contributed by atoms with Gasteiger partial charge in [-0.3, -0.25) is 4.79 Å². The molecule has 0 unspecified atom stereocenters. The van der Waals surface area contributed by atoms with E-state index in [2.05, 4.69) is 0 Å². The van der Waals surface area contributed by atoms with Crippen LogP contribution in [0, 0.1) is 0 Å². The van der Waals surface area contributed by atoms with Crippen LogP contribution in [0.1, 0.15) is 15.9 Å². The SMILES string of the molecule is CN(C)S(=O)(=O)c1cccc(C(=O)/C=C/c2ccccc2Cl)c1. The number of ketones is 1. The minimum absolute atomic E-state index is 0.0829. The maximum absolute atomic E-state index is 12.2. The van der Waals surface area contributed by atoms with Crippen molar-refractivity contribution in [1.29, 1.82) is 0 Å². The van der Waals surface area contributed by atoms with E-state index in [9.17, 15) is 13.2 Å². The average Bonchev–Trinajstić information content (AvgIpc) is 2.53. The van der Waals surface area contributed by atoms with E-state index >= 15 is 0 Å². The van der Waals surface area contributed by atoms with Crippen molar-refractivity contribution in [3.8, 4) is 0 Å². The van der Waals surface area contributed by atoms with Gasteiger partial charge in [0.05, 0.1) is 4.90 Å². The van der Waals surface area contributed by atoms with Crippen LogP contribution in [0.4, 0.5) is 0 Å². The normalized spacial score (nSPS) is 12.0. The van der Waals surface area contributed by atoms with Crippen LogP contribution in [-0.4, -0.2) is 32.6 Å². The lowest BCUT2D eigenvalue weighted by Gasteiger charge is -2.11. The highest BCUT2D eigenvalue weighted by molar-refractivity contribution is 7.89. The number of rotatable bonds is 5. The Morgan fingerprint density at radius 2 is 1.78 bits per heavy atom. The highest BCUT2D eigenvalue weighted by atomic mass is 35.5. The molecule has 0 aliphatic rings. The third-order valence-corrected chi connectivity index (χ3v) is 5.37. The minimum atomic E-state index is -3.57. The van der Waals surface area contributed by atoms with E-state index in [1.54, 1.807) is 36.4 Å². The van der Waals surface area contributed by atoms with Gasteiger partial charge in [0.15, 0.2) is 5.78 Å². The molecular weight excluding hydrogens is 334 g/mol. The summed E-state index contributed by atoms with van der Waals surface area (Å²) in [7, 11) is -0.680. The molecule has 2 aromatic carbocycles. The average molecular weight is 350 g/mol. The van der Waals surface area contributed by atoms with Crippen molar-refractivity contribution in [2.45, 2.75) is 4.90 Å². The fraction of sp³-hybridized carbons (Fsp3) is 0.118. The molecule has 0 bridgehead atoms. The van der Waals surface area contributed by atoms with Crippen LogP contribution in [0.3, 0.4) is 0 Å². The van der Waals surface area contributed by atoms with Crippen molar-refractivity contribution in [2.24, 2.45) is 0 Å². The van der Waals surface area contributed by atoms with Crippen LogP contribution in [0.25, 0.3) is 6.08 Å². The van der Waals surface area contributed by atoms with Gasteiger partial charge in [-0.2, -0.15) is 0 Å². The monoisotopic (exact) mass is 349 g/mol. The van der Waals surface area contributed by atoms with Crippen LogP contribution >= 0.6 is 11.6 Å². The van der Waals surface area contributed by atoms with Gasteiger partial charge < -0.3 is 0 Å². The summed E-state index contributed by atoms with van der Waals surface area (Å²) in [6.45, 7) is 0. The van der Waals surface area contributed by atoms with E-state index < -0.39 is 10.0 Å². The second-order valence-corrected chi connectivity index (χ2v) is 7.59. The molecule has 6 heteroatoms. The quantitative estimate of drug-likeness (QED) is 0.613. The Bertz CT molecular complexity index is 858. The summed E-state index contributed by atoms with van der Waals surface area (Å²) >= 11 is 6.03. The molecule has 0 atom stereocenters. The van der Waals surface area contributed by atoms with Crippen molar-refractivity contribution >= 4 is 33.5 Å². The zero-order valence-electron chi connectivity index (χ0n) is 12.7. The van der Waals surface area contributed by atoms with Gasteiger partial charge in [-0.1, -0.05) is 41.9 Å². The lowest BCUT2D eigenvalue weighted by molar-refractivity contribution is 0.104. The number of nitrogens with zero attached hydrogens (tertiary/aromatic N) is 1. The van der Waals surface area contributed by atoms with Crippen molar-refractivity contribution in [3.05, 3.63) is 70.8 Å². The maximum Gasteiger partial charge on any atom is 0.242 e. The summed E-state index contributed by atoms with van der Waals surface area (Å²) in [5, 5.41) is 0.542. The van der Waals surface area contributed by atoms with E-state index in [0.717, 1.165) is 9.87 Å². The highest BCUT2D eigenvalue weighted by Crippen LogP contribution is 2.18. The van der Waals surface area contributed by atoms with Gasteiger partial charge in [0.25, 0.3) is 0 Å². The number of carbonyl (C=O) groups excluding carboxylic acids is 1. The number of allylic oxidation sites excluding steroid dienone is 1. The van der Waals surface area contributed by atoms with Crippen LogP contribution in [-0.2, 0) is 10.0 Å². The molecule has 0 N–H and O–H groups in total. The minimum Gasteiger partial charge on any atom is -0.289 e. The molecule has 0 heterocycles. The zero-order chi connectivity index (χ0) is 17.0. The van der Waals surface area contributed by atoms with Gasteiger partial charge in [-0.05, 0) is 35.9 Å². The Morgan fingerprint density at radius 1 is 1.09 bits per heavy atom. The third kappa shape index (κ3) is 4.07. The van der Waals surface area contributed by atoms with Gasteiger partial charge in [0, 0.05) is 24.7 Å². The molecule has 120 valence electrons. The molecule has 0 fully saturated rings. The van der Waals surface area contributed by atoms with E-state index in [0.29, 0.717) is 10.6 Å². The van der Waals surface area contributed by atoms with E-state index in [1.807, 2.05) is 6.07 Å². The van der Waals surface area contributed by atoms with Crippen molar-refractivity contribution < 1.29 is 13.2 Å². The lowest BCUT2D eigenvalue weighted by atomic mass is 10.1. The molecule has 0 saturated heterocycles. The third-order valence-electron chi connectivity index (χ3n) is 3.22. The molecule has 2 rings (SSSR count). The molecule has 0 aliphatic carbocycles. The zero-order valence-corrected chi connectivity index (χ0v) is 14.3. The van der Waals surface area contributed by atoms with Crippen molar-refractivity contribution in [2.75, 3.05) is 14.1 Å². The number of hydrogen-bond acceptors (Lipinski definition) is 3. The van der Waals surface area contributed by atoms with Crippen LogP contribution in [0.15, 0.2) is 59.5 Å². The Morgan fingerprint density at radius 3 is 2.43 bits per heavy atom. The summed E-state index contributed by atoms with van der Waals surface area (Å²) in [4.78, 5) is 12.3. The van der Waals surface area contributed by atoms with Gasteiger partial charge >= 0.3 is 0 Å². The number of halogens is 1. The van der Waals surface area contributed by atoms with Crippen molar-refractivity contribution in [3.63, 3.8) is 0 Å². The molecule has 0 radical (unpaired) electrons. The largest absolute Gasteiger partial charge is 0.289 e. The molecule has 0 spiro atoms. The Balaban J connectivity index is 2.29. The number of carbonyl (C=O) groups is 1. The summed E-state index contributed by atoms with van der Waals surface area (Å²) in [6.07, 6.45) is 2.99. The van der Waals surface area contributed by atoms with Crippen LogP contribution < -0.4 is 0 Å². The van der Waals surface area contributed by atoms with Crippen LogP contribution in [0.5, 0.6) is 0 Å². The number of sulfonamides is 1. The number of benzene rings is 2. The molecule has 0 aliphatic heterocycles. The lowest BCUT2D eigenvalue weighted by Crippen LogP contribution is -2.22. The first-order valence-electron chi connectivity index (χ1n) is 6.82. The summed E-state index contributed by atoms with van der Waals surface area (Å²) in [5.74, 6) is -0.291. The second-order valence-electron chi connectivity index (χ2n) is 5.03. The second kappa shape index (κ2) is 7.08. The predicted molar refractivity (Wildman–Crippen MR) is 92.1 cm³/mol. The Labute approximate surface area is 141 Å². The Hall–Kier alpha value is -1.95. The molecule has 0 aromatic heterocycles. The smallest absolute Gasteiger partial charge is 0.242 e. The molecule has 0 amide bonds. The molecule has 2 aromatic rings. The van der Waals surface area contributed by atoms with Gasteiger partial charge in [0.2, 0.25) is 10.0 Å². The maximum atomic E-state index is 12.2. The first-order chi connectivity index (χ1) is 10.8. The van der Waals surface area contributed by atoms with Gasteiger partial charge in [-0.25, -0.2) is 12.7 Å². The van der Waals surface area contributed by atoms with Crippen LogP contribution in [0.2, 0.25) is 5.02 Å². The first-order valence-corrected chi connectivity index (χ1v) is 8.63. The van der Waals surface area contributed by atoms with Gasteiger partial charge in [0.1, 0.15) is 0 Å². The van der Waals surface area contributed by atoms with Crippen molar-refractivity contribution in [1.82, 2.24) is 4.31 Å². The molecule has 4 nitrogen and oxygen atoms in total. The highest BCUT2D eigenvalue weighted by Gasteiger charge is 2.18. The number of hydrogen-bond donors (Lipinski definition) is 0. The first kappa shape index (κ1) is 17.4. The summed E-state index contributed by atoms with van der Waals surface area (Å²) < 4.78 is 25.3. The molecule has 0 saturated carbocycles. The Kier molecular flexibility index (Phi) is 5.36. The fourth-order valence-corrected chi connectivity index (χ4v) is 3.04. The topological polar surface area (TPSA) is 54.5 Å². The predicted octanol–water partition coefficient (Wildman–Crippen LogP) is 3.49. The van der Waals surface area contributed by atoms with E-state index in [4.69, 9.17) is 11.6 Å². The van der Waals surface area contributed by atoms with E-state index in [1.165, 1.54) is 32.3 Å². The van der Waals surface area contributed by atoms with E-state index in [-0.39, 0.29) is 10.7 Å². The summed E-state index contributed by atoms with van der Waals surface area (Å²) in [6, 6.07) is 13.1.